The number of allylic oxidation sites excluding steroid dienone is 1. The Balaban J connectivity index is 2.07. The molecule has 0 heterocycles. The molecule has 1 aliphatic rings. The number of carbonyl (C=O) groups excluding carboxylic acids is 2. The molecule has 1 N–H and O–H groups in total. The summed E-state index contributed by atoms with van der Waals surface area (Å²) < 4.78 is 5.32. The van der Waals surface area contributed by atoms with Gasteiger partial charge >= 0.3 is 0 Å². The summed E-state index contributed by atoms with van der Waals surface area (Å²) in [6.07, 6.45) is 0.606. The van der Waals surface area contributed by atoms with Crippen molar-refractivity contribution in [1.29, 1.82) is 0 Å². The van der Waals surface area contributed by atoms with Crippen LogP contribution in [0.25, 0.3) is 0 Å². The van der Waals surface area contributed by atoms with Gasteiger partial charge in [-0.25, -0.2) is 0 Å². The van der Waals surface area contributed by atoms with Gasteiger partial charge in [0.25, 0.3) is 0 Å². The number of aliphatic hydroxyl groups is 1. The van der Waals surface area contributed by atoms with Crippen LogP contribution in [0.3, 0.4) is 0 Å². The Bertz CT molecular complexity index is 555. The number of Topliss-reactive ketones (excluding diaryl/α,β-unsaturated/α-hetero) is 2. The smallest absolute Gasteiger partial charge is 0.207 e. The van der Waals surface area contributed by atoms with Gasteiger partial charge in [-0.3, -0.25) is 9.59 Å². The van der Waals surface area contributed by atoms with E-state index in [0.29, 0.717) is 12.2 Å². The first-order valence-corrected chi connectivity index (χ1v) is 6.55. The molecule has 1 aromatic carbocycles. The van der Waals surface area contributed by atoms with E-state index in [1.807, 2.05) is 19.9 Å². The molecule has 2 rings (SSSR count). The SMILES string of the molecule is CC1(C)CC(=O)C(C(=O)COc2ccccc2)=C(O)C1. The lowest BCUT2D eigenvalue weighted by Crippen LogP contribution is -2.31. The van der Waals surface area contributed by atoms with Crippen LogP contribution >= 0.6 is 0 Å². The molecule has 0 amide bonds. The summed E-state index contributed by atoms with van der Waals surface area (Å²) in [4.78, 5) is 24.0. The molecule has 0 bridgehead atoms. The summed E-state index contributed by atoms with van der Waals surface area (Å²) in [5, 5.41) is 9.93. The molecule has 1 aromatic rings. The number of benzene rings is 1. The Labute approximate surface area is 118 Å². The molecule has 0 aliphatic heterocycles. The molecule has 0 saturated heterocycles. The van der Waals surface area contributed by atoms with Crippen LogP contribution in [0.4, 0.5) is 0 Å². The molecule has 0 fully saturated rings. The quantitative estimate of drug-likeness (QED) is 0.857. The summed E-state index contributed by atoms with van der Waals surface area (Å²) in [5.41, 5.74) is -0.397. The summed E-state index contributed by atoms with van der Waals surface area (Å²) >= 11 is 0. The summed E-state index contributed by atoms with van der Waals surface area (Å²) in [5.74, 6) is -0.329. The molecule has 106 valence electrons. The number of ketones is 2. The van der Waals surface area contributed by atoms with E-state index in [-0.39, 0.29) is 35.6 Å². The summed E-state index contributed by atoms with van der Waals surface area (Å²) in [6, 6.07) is 8.89. The average molecular weight is 274 g/mol. The minimum absolute atomic E-state index is 0.0970. The van der Waals surface area contributed by atoms with Crippen LogP contribution in [0, 0.1) is 5.41 Å². The molecular weight excluding hydrogens is 256 g/mol. The maximum atomic E-state index is 12.0. The van der Waals surface area contributed by atoms with Gasteiger partial charge in [-0.2, -0.15) is 0 Å². The predicted molar refractivity (Wildman–Crippen MR) is 74.6 cm³/mol. The number of aliphatic hydroxyl groups excluding tert-OH is 1. The number of carbonyl (C=O) groups is 2. The minimum atomic E-state index is -0.466. The van der Waals surface area contributed by atoms with Crippen molar-refractivity contribution in [3.8, 4) is 5.75 Å². The zero-order chi connectivity index (χ0) is 14.8. The number of hydrogen-bond donors (Lipinski definition) is 1. The predicted octanol–water partition coefficient (Wildman–Crippen LogP) is 2.84. The first-order chi connectivity index (χ1) is 9.39. The summed E-state index contributed by atoms with van der Waals surface area (Å²) in [7, 11) is 0. The zero-order valence-corrected chi connectivity index (χ0v) is 11.7. The van der Waals surface area contributed by atoms with Gasteiger partial charge in [-0.15, -0.1) is 0 Å². The van der Waals surface area contributed by atoms with Gasteiger partial charge in [-0.1, -0.05) is 32.0 Å². The topological polar surface area (TPSA) is 63.6 Å². The highest BCUT2D eigenvalue weighted by Gasteiger charge is 2.36. The monoisotopic (exact) mass is 274 g/mol. The number of para-hydroxylation sites is 1. The van der Waals surface area contributed by atoms with Crippen molar-refractivity contribution in [2.75, 3.05) is 6.61 Å². The number of ether oxygens (including phenoxy) is 1. The van der Waals surface area contributed by atoms with E-state index >= 15 is 0 Å². The van der Waals surface area contributed by atoms with Crippen molar-refractivity contribution in [3.05, 3.63) is 41.7 Å². The first kappa shape index (κ1) is 14.3. The largest absolute Gasteiger partial charge is 0.511 e. The van der Waals surface area contributed by atoms with E-state index in [9.17, 15) is 14.7 Å². The lowest BCUT2D eigenvalue weighted by Gasteiger charge is -2.28. The second kappa shape index (κ2) is 5.49. The third-order valence-electron chi connectivity index (χ3n) is 3.24. The third-order valence-corrected chi connectivity index (χ3v) is 3.24. The number of rotatable bonds is 4. The average Bonchev–Trinajstić information content (AvgIpc) is 2.35. The second-order valence-electron chi connectivity index (χ2n) is 5.79. The molecule has 4 heteroatoms. The molecule has 0 spiro atoms. The Morgan fingerprint density at radius 1 is 1.25 bits per heavy atom. The molecule has 0 unspecified atom stereocenters. The molecular formula is C16H18O4. The van der Waals surface area contributed by atoms with Crippen molar-refractivity contribution in [2.45, 2.75) is 26.7 Å². The number of hydrogen-bond acceptors (Lipinski definition) is 4. The van der Waals surface area contributed by atoms with Gasteiger partial charge in [-0.05, 0) is 17.5 Å². The molecule has 0 saturated carbocycles. The van der Waals surface area contributed by atoms with Crippen LogP contribution in [-0.2, 0) is 9.59 Å². The van der Waals surface area contributed by atoms with Gasteiger partial charge in [0.15, 0.2) is 12.4 Å². The van der Waals surface area contributed by atoms with Crippen LogP contribution in [0.5, 0.6) is 5.75 Å². The van der Waals surface area contributed by atoms with E-state index in [0.717, 1.165) is 0 Å². The van der Waals surface area contributed by atoms with E-state index < -0.39 is 5.78 Å². The summed E-state index contributed by atoms with van der Waals surface area (Å²) in [6.45, 7) is 3.54. The fraction of sp³-hybridized carbons (Fsp3) is 0.375. The standard InChI is InChI=1S/C16H18O4/c1-16(2)8-12(17)15(13(18)9-16)14(19)10-20-11-6-4-3-5-7-11/h3-7,17H,8-10H2,1-2H3. The van der Waals surface area contributed by atoms with Crippen LogP contribution in [0.1, 0.15) is 26.7 Å². The Morgan fingerprint density at radius 3 is 2.50 bits per heavy atom. The third kappa shape index (κ3) is 3.26. The fourth-order valence-electron chi connectivity index (χ4n) is 2.34. The maximum Gasteiger partial charge on any atom is 0.207 e. The molecule has 4 nitrogen and oxygen atoms in total. The highest BCUT2D eigenvalue weighted by molar-refractivity contribution is 6.21. The van der Waals surface area contributed by atoms with Crippen LogP contribution in [0.15, 0.2) is 41.7 Å². The highest BCUT2D eigenvalue weighted by Crippen LogP contribution is 2.35. The molecule has 0 aromatic heterocycles. The Kier molecular flexibility index (Phi) is 3.93. The first-order valence-electron chi connectivity index (χ1n) is 6.55. The minimum Gasteiger partial charge on any atom is -0.511 e. The Hall–Kier alpha value is -2.10. The van der Waals surface area contributed by atoms with Gasteiger partial charge in [0.05, 0.1) is 0 Å². The van der Waals surface area contributed by atoms with Gasteiger partial charge < -0.3 is 9.84 Å². The zero-order valence-electron chi connectivity index (χ0n) is 11.7. The van der Waals surface area contributed by atoms with E-state index in [1.54, 1.807) is 24.3 Å². The Morgan fingerprint density at radius 2 is 1.90 bits per heavy atom. The lowest BCUT2D eigenvalue weighted by molar-refractivity contribution is -0.124. The van der Waals surface area contributed by atoms with Crippen LogP contribution < -0.4 is 4.74 Å². The normalized spacial score (nSPS) is 18.0. The molecule has 20 heavy (non-hydrogen) atoms. The van der Waals surface area contributed by atoms with E-state index in [4.69, 9.17) is 4.74 Å². The van der Waals surface area contributed by atoms with Crippen molar-refractivity contribution in [2.24, 2.45) is 5.41 Å². The molecule has 0 atom stereocenters. The fourth-order valence-corrected chi connectivity index (χ4v) is 2.34. The van der Waals surface area contributed by atoms with E-state index in [2.05, 4.69) is 0 Å². The van der Waals surface area contributed by atoms with Crippen molar-refractivity contribution in [1.82, 2.24) is 0 Å². The molecule has 1 aliphatic carbocycles. The maximum absolute atomic E-state index is 12.0. The van der Waals surface area contributed by atoms with Crippen LogP contribution in [0.2, 0.25) is 0 Å². The second-order valence-corrected chi connectivity index (χ2v) is 5.79. The van der Waals surface area contributed by atoms with Crippen molar-refractivity contribution >= 4 is 11.6 Å². The van der Waals surface area contributed by atoms with Gasteiger partial charge in [0.2, 0.25) is 5.78 Å². The highest BCUT2D eigenvalue weighted by atomic mass is 16.5. The van der Waals surface area contributed by atoms with E-state index in [1.165, 1.54) is 0 Å². The van der Waals surface area contributed by atoms with Crippen molar-refractivity contribution in [3.63, 3.8) is 0 Å². The molecule has 0 radical (unpaired) electrons. The van der Waals surface area contributed by atoms with Crippen molar-refractivity contribution < 1.29 is 19.4 Å². The lowest BCUT2D eigenvalue weighted by atomic mass is 9.76. The van der Waals surface area contributed by atoms with Gasteiger partial charge in [0, 0.05) is 12.8 Å². The van der Waals surface area contributed by atoms with Crippen LogP contribution in [-0.4, -0.2) is 23.3 Å². The van der Waals surface area contributed by atoms with Gasteiger partial charge in [0.1, 0.15) is 17.1 Å².